The summed E-state index contributed by atoms with van der Waals surface area (Å²) in [5, 5.41) is 6.47. The lowest BCUT2D eigenvalue weighted by Crippen LogP contribution is -1.76. The summed E-state index contributed by atoms with van der Waals surface area (Å²) in [6.45, 7) is 2.04. The summed E-state index contributed by atoms with van der Waals surface area (Å²) in [5.74, 6) is 2.38. The van der Waals surface area contributed by atoms with Crippen molar-refractivity contribution in [2.24, 2.45) is 0 Å². The van der Waals surface area contributed by atoms with Gasteiger partial charge in [-0.25, -0.2) is 4.98 Å². The van der Waals surface area contributed by atoms with E-state index in [9.17, 15) is 0 Å². The van der Waals surface area contributed by atoms with E-state index in [0.717, 1.165) is 17.9 Å². The number of nitrogens with zero attached hydrogens (tertiary/aromatic N) is 2. The van der Waals surface area contributed by atoms with Crippen LogP contribution in [0, 0.1) is 0 Å². The van der Waals surface area contributed by atoms with Crippen molar-refractivity contribution >= 4 is 0 Å². The van der Waals surface area contributed by atoms with E-state index in [1.54, 1.807) is 0 Å². The fraction of sp³-hybridized carbons (Fsp3) is 0.250. The summed E-state index contributed by atoms with van der Waals surface area (Å²) in [5.41, 5.74) is 0. The Morgan fingerprint density at radius 3 is 3.00 bits per heavy atom. The maximum Gasteiger partial charge on any atom is 0.191 e. The van der Waals surface area contributed by atoms with Gasteiger partial charge in [-0.05, 0) is 12.1 Å². The highest BCUT2D eigenvalue weighted by Crippen LogP contribution is 2.17. The molecule has 0 spiro atoms. The smallest absolute Gasteiger partial charge is 0.191 e. The Hall–Kier alpha value is -1.58. The molecule has 1 N–H and O–H groups in total. The summed E-state index contributed by atoms with van der Waals surface area (Å²) in [6.07, 6.45) is 2.36. The van der Waals surface area contributed by atoms with Crippen molar-refractivity contribution in [2.75, 3.05) is 0 Å². The number of furan rings is 1. The molecular weight excluding hydrogens is 154 g/mol. The summed E-state index contributed by atoms with van der Waals surface area (Å²) in [6, 6.07) is 3.83. The Morgan fingerprint density at radius 1 is 1.50 bits per heavy atom. The molecule has 0 saturated carbocycles. The van der Waals surface area contributed by atoms with Crippen LogP contribution in [0.25, 0.3) is 11.6 Å². The fourth-order valence-corrected chi connectivity index (χ4v) is 1.02. The molecular formula is C8H9N3O. The van der Waals surface area contributed by atoms with Gasteiger partial charge in [-0.15, -0.1) is 0 Å². The maximum atomic E-state index is 5.44. The Kier molecular flexibility index (Phi) is 1.66. The van der Waals surface area contributed by atoms with Crippen LogP contribution in [0.4, 0.5) is 0 Å². The molecule has 12 heavy (non-hydrogen) atoms. The minimum atomic E-state index is 0.676. The van der Waals surface area contributed by atoms with Gasteiger partial charge in [0.15, 0.2) is 11.6 Å². The Morgan fingerprint density at radius 2 is 2.42 bits per heavy atom. The van der Waals surface area contributed by atoms with E-state index in [4.69, 9.17) is 4.42 Å². The molecule has 2 aromatic heterocycles. The standard InChI is InChI=1S/C8H9N3O/c1-2-6-3-4-7(12-6)8-9-5-10-11-8/h3-5H,2H2,1H3,(H,9,10,11). The van der Waals surface area contributed by atoms with Crippen LogP contribution < -0.4 is 0 Å². The van der Waals surface area contributed by atoms with Gasteiger partial charge in [-0.3, -0.25) is 5.10 Å². The molecule has 0 fully saturated rings. The summed E-state index contributed by atoms with van der Waals surface area (Å²) < 4.78 is 5.44. The van der Waals surface area contributed by atoms with E-state index >= 15 is 0 Å². The third kappa shape index (κ3) is 1.11. The molecule has 0 saturated heterocycles. The van der Waals surface area contributed by atoms with Gasteiger partial charge < -0.3 is 4.42 Å². The molecule has 0 aliphatic rings. The van der Waals surface area contributed by atoms with Gasteiger partial charge in [0.05, 0.1) is 0 Å². The van der Waals surface area contributed by atoms with E-state index < -0.39 is 0 Å². The first-order valence-corrected chi connectivity index (χ1v) is 3.84. The highest BCUT2D eigenvalue weighted by atomic mass is 16.3. The average molecular weight is 163 g/mol. The second kappa shape index (κ2) is 2.81. The summed E-state index contributed by atoms with van der Waals surface area (Å²) in [7, 11) is 0. The van der Waals surface area contributed by atoms with E-state index in [-0.39, 0.29) is 0 Å². The maximum absolute atomic E-state index is 5.44. The Balaban J connectivity index is 2.35. The quantitative estimate of drug-likeness (QED) is 0.732. The van der Waals surface area contributed by atoms with Gasteiger partial charge in [-0.1, -0.05) is 6.92 Å². The molecule has 0 bridgehead atoms. The zero-order valence-electron chi connectivity index (χ0n) is 6.74. The molecule has 2 aromatic rings. The van der Waals surface area contributed by atoms with Crippen LogP contribution in [0.1, 0.15) is 12.7 Å². The van der Waals surface area contributed by atoms with E-state index in [0.29, 0.717) is 5.82 Å². The molecule has 0 radical (unpaired) electrons. The van der Waals surface area contributed by atoms with Crippen LogP contribution in [0.3, 0.4) is 0 Å². The van der Waals surface area contributed by atoms with Crippen molar-refractivity contribution in [1.29, 1.82) is 0 Å². The molecule has 2 heterocycles. The number of aryl methyl sites for hydroxylation is 1. The first kappa shape index (κ1) is 7.09. The van der Waals surface area contributed by atoms with E-state index in [2.05, 4.69) is 15.2 Å². The third-order valence-corrected chi connectivity index (χ3v) is 1.66. The molecule has 0 atom stereocenters. The van der Waals surface area contributed by atoms with Gasteiger partial charge in [0.25, 0.3) is 0 Å². The summed E-state index contributed by atoms with van der Waals surface area (Å²) in [4.78, 5) is 3.97. The fourth-order valence-electron chi connectivity index (χ4n) is 1.02. The number of hydrogen-bond acceptors (Lipinski definition) is 3. The predicted molar refractivity (Wildman–Crippen MR) is 43.5 cm³/mol. The highest BCUT2D eigenvalue weighted by Gasteiger charge is 2.04. The normalized spacial score (nSPS) is 10.4. The lowest BCUT2D eigenvalue weighted by Gasteiger charge is -1.88. The number of hydrogen-bond donors (Lipinski definition) is 1. The number of rotatable bonds is 2. The molecule has 2 rings (SSSR count). The van der Waals surface area contributed by atoms with Crippen molar-refractivity contribution in [1.82, 2.24) is 15.2 Å². The summed E-state index contributed by atoms with van der Waals surface area (Å²) >= 11 is 0. The zero-order valence-corrected chi connectivity index (χ0v) is 6.74. The van der Waals surface area contributed by atoms with Gasteiger partial charge in [0.2, 0.25) is 0 Å². The average Bonchev–Trinajstić information content (AvgIpc) is 2.75. The lowest BCUT2D eigenvalue weighted by molar-refractivity contribution is 0.526. The van der Waals surface area contributed by atoms with Crippen LogP contribution >= 0.6 is 0 Å². The third-order valence-electron chi connectivity index (χ3n) is 1.66. The largest absolute Gasteiger partial charge is 0.458 e. The number of H-pyrrole nitrogens is 1. The molecule has 0 amide bonds. The van der Waals surface area contributed by atoms with Gasteiger partial charge >= 0.3 is 0 Å². The monoisotopic (exact) mass is 163 g/mol. The van der Waals surface area contributed by atoms with Crippen LogP contribution in [0.5, 0.6) is 0 Å². The van der Waals surface area contributed by atoms with Gasteiger partial charge in [0.1, 0.15) is 12.1 Å². The molecule has 0 aromatic carbocycles. The van der Waals surface area contributed by atoms with Gasteiger partial charge in [0, 0.05) is 6.42 Å². The second-order valence-corrected chi connectivity index (χ2v) is 2.45. The molecule has 0 aliphatic carbocycles. The second-order valence-electron chi connectivity index (χ2n) is 2.45. The van der Waals surface area contributed by atoms with Crippen LogP contribution in [0.2, 0.25) is 0 Å². The number of aromatic amines is 1. The Bertz CT molecular complexity index is 350. The molecule has 62 valence electrons. The molecule has 4 nitrogen and oxygen atoms in total. The van der Waals surface area contributed by atoms with Gasteiger partial charge in [-0.2, -0.15) is 5.10 Å². The molecule has 0 aliphatic heterocycles. The topological polar surface area (TPSA) is 54.7 Å². The Labute approximate surface area is 69.6 Å². The minimum Gasteiger partial charge on any atom is -0.458 e. The van der Waals surface area contributed by atoms with Crippen LogP contribution in [-0.4, -0.2) is 15.2 Å². The van der Waals surface area contributed by atoms with Crippen molar-refractivity contribution in [3.05, 3.63) is 24.2 Å². The van der Waals surface area contributed by atoms with Crippen LogP contribution in [-0.2, 0) is 6.42 Å². The number of aromatic nitrogens is 3. The minimum absolute atomic E-state index is 0.676. The highest BCUT2D eigenvalue weighted by molar-refractivity contribution is 5.45. The van der Waals surface area contributed by atoms with Crippen molar-refractivity contribution in [2.45, 2.75) is 13.3 Å². The van der Waals surface area contributed by atoms with E-state index in [1.807, 2.05) is 19.1 Å². The molecule has 0 unspecified atom stereocenters. The zero-order chi connectivity index (χ0) is 8.39. The van der Waals surface area contributed by atoms with Crippen molar-refractivity contribution < 1.29 is 4.42 Å². The first-order valence-electron chi connectivity index (χ1n) is 3.84. The SMILES string of the molecule is CCc1ccc(-c2ncn[nH]2)o1. The number of nitrogens with one attached hydrogen (secondary N) is 1. The van der Waals surface area contributed by atoms with Crippen molar-refractivity contribution in [3.63, 3.8) is 0 Å². The lowest BCUT2D eigenvalue weighted by atomic mass is 10.3. The van der Waals surface area contributed by atoms with Crippen molar-refractivity contribution in [3.8, 4) is 11.6 Å². The van der Waals surface area contributed by atoms with E-state index in [1.165, 1.54) is 6.33 Å². The van der Waals surface area contributed by atoms with Crippen LogP contribution in [0.15, 0.2) is 22.9 Å². The predicted octanol–water partition coefficient (Wildman–Crippen LogP) is 1.63. The first-order chi connectivity index (χ1) is 5.90. The molecule has 4 heteroatoms.